The Labute approximate surface area is 99.7 Å². The number of hydrogen-bond donors (Lipinski definition) is 0. The van der Waals surface area contributed by atoms with Gasteiger partial charge in [0.05, 0.1) is 0 Å². The highest BCUT2D eigenvalue weighted by Crippen LogP contribution is 2.15. The van der Waals surface area contributed by atoms with Gasteiger partial charge in [0, 0.05) is 6.07 Å². The lowest BCUT2D eigenvalue weighted by atomic mass is 10.2. The number of benzene rings is 1. The first-order valence-electron chi connectivity index (χ1n) is 5.45. The van der Waals surface area contributed by atoms with E-state index in [0.717, 1.165) is 5.56 Å². The van der Waals surface area contributed by atoms with Gasteiger partial charge >= 0.3 is 0 Å². The molecule has 0 saturated heterocycles. The van der Waals surface area contributed by atoms with Gasteiger partial charge in [-0.15, -0.1) is 0 Å². The van der Waals surface area contributed by atoms with Crippen molar-refractivity contribution >= 4 is 0 Å². The van der Waals surface area contributed by atoms with E-state index in [0.29, 0.717) is 23.9 Å². The molecule has 0 aliphatic heterocycles. The predicted molar refractivity (Wildman–Crippen MR) is 65.2 cm³/mol. The van der Waals surface area contributed by atoms with Crippen molar-refractivity contribution in [1.29, 1.82) is 0 Å². The van der Waals surface area contributed by atoms with Crippen LogP contribution in [-0.2, 0) is 6.61 Å². The highest BCUT2D eigenvalue weighted by molar-refractivity contribution is 5.26. The van der Waals surface area contributed by atoms with E-state index in [4.69, 9.17) is 9.15 Å². The summed E-state index contributed by atoms with van der Waals surface area (Å²) in [5, 5.41) is 0. The van der Waals surface area contributed by atoms with Crippen LogP contribution >= 0.6 is 0 Å². The summed E-state index contributed by atoms with van der Waals surface area (Å²) < 4.78 is 10.9. The first kappa shape index (κ1) is 11.5. The average Bonchev–Trinajstić information content (AvgIpc) is 2.29. The molecule has 0 aliphatic carbocycles. The van der Waals surface area contributed by atoms with E-state index >= 15 is 0 Å². The number of hydrogen-bond acceptors (Lipinski definition) is 3. The monoisotopic (exact) mass is 230 g/mol. The van der Waals surface area contributed by atoms with Crippen LogP contribution in [0.2, 0.25) is 0 Å². The molecule has 1 aromatic heterocycles. The second-order valence-electron chi connectivity index (χ2n) is 3.88. The quantitative estimate of drug-likeness (QED) is 0.813. The maximum atomic E-state index is 11.7. The summed E-state index contributed by atoms with van der Waals surface area (Å²) in [4.78, 5) is 11.7. The Morgan fingerprint density at radius 3 is 2.53 bits per heavy atom. The lowest BCUT2D eigenvalue weighted by molar-refractivity contribution is 0.284. The molecule has 3 nitrogen and oxygen atoms in total. The zero-order valence-electron chi connectivity index (χ0n) is 9.90. The van der Waals surface area contributed by atoms with Crippen LogP contribution in [0.25, 0.3) is 0 Å². The molecular weight excluding hydrogens is 216 g/mol. The van der Waals surface area contributed by atoms with Crippen LogP contribution in [0.4, 0.5) is 0 Å². The Balaban J connectivity index is 2.18. The van der Waals surface area contributed by atoms with Crippen LogP contribution in [0.5, 0.6) is 5.75 Å². The number of ether oxygens (including phenoxy) is 1. The van der Waals surface area contributed by atoms with Gasteiger partial charge in [0.1, 0.15) is 18.1 Å². The minimum absolute atomic E-state index is 0.137. The Hall–Kier alpha value is -2.03. The van der Waals surface area contributed by atoms with E-state index in [1.165, 1.54) is 6.07 Å². The molecule has 0 spiro atoms. The normalized spacial score (nSPS) is 10.2. The highest BCUT2D eigenvalue weighted by Gasteiger charge is 2.08. The summed E-state index contributed by atoms with van der Waals surface area (Å²) in [6.07, 6.45) is 0. The molecule has 88 valence electrons. The molecular formula is C14H14O3. The zero-order valence-corrected chi connectivity index (χ0v) is 9.90. The average molecular weight is 230 g/mol. The summed E-state index contributed by atoms with van der Waals surface area (Å²) in [7, 11) is 0. The van der Waals surface area contributed by atoms with Gasteiger partial charge in [-0.2, -0.15) is 0 Å². The number of aryl methyl sites for hydroxylation is 2. The topological polar surface area (TPSA) is 39.4 Å². The third kappa shape index (κ3) is 2.75. The molecule has 0 saturated carbocycles. The van der Waals surface area contributed by atoms with Crippen molar-refractivity contribution in [3.63, 3.8) is 0 Å². The van der Waals surface area contributed by atoms with Crippen LogP contribution in [0, 0.1) is 13.8 Å². The summed E-state index contributed by atoms with van der Waals surface area (Å²) in [6.45, 7) is 3.85. The largest absolute Gasteiger partial charge is 0.482 e. The summed E-state index contributed by atoms with van der Waals surface area (Å²) >= 11 is 0. The molecule has 0 atom stereocenters. The Kier molecular flexibility index (Phi) is 3.28. The van der Waals surface area contributed by atoms with Crippen molar-refractivity contribution in [2.24, 2.45) is 0 Å². The lowest BCUT2D eigenvalue weighted by Crippen LogP contribution is -2.09. The van der Waals surface area contributed by atoms with Gasteiger partial charge < -0.3 is 9.15 Å². The standard InChI is InChI=1S/C14H14O3/c1-10-8-13(15)14(11(2)17-10)16-9-12-6-4-3-5-7-12/h3-8H,9H2,1-2H3. The predicted octanol–water partition coefficient (Wildman–Crippen LogP) is 2.84. The first-order valence-corrected chi connectivity index (χ1v) is 5.45. The van der Waals surface area contributed by atoms with E-state index in [-0.39, 0.29) is 5.43 Å². The number of rotatable bonds is 3. The van der Waals surface area contributed by atoms with Crippen LogP contribution < -0.4 is 10.2 Å². The van der Waals surface area contributed by atoms with E-state index in [9.17, 15) is 4.79 Å². The van der Waals surface area contributed by atoms with Crippen molar-refractivity contribution in [3.05, 3.63) is 63.7 Å². The fourth-order valence-electron chi connectivity index (χ4n) is 1.64. The van der Waals surface area contributed by atoms with Crippen molar-refractivity contribution < 1.29 is 9.15 Å². The molecule has 3 heteroatoms. The molecule has 1 heterocycles. The maximum Gasteiger partial charge on any atom is 0.227 e. The molecule has 0 unspecified atom stereocenters. The molecule has 0 amide bonds. The molecule has 0 fully saturated rings. The second-order valence-corrected chi connectivity index (χ2v) is 3.88. The third-order valence-corrected chi connectivity index (χ3v) is 2.42. The lowest BCUT2D eigenvalue weighted by Gasteiger charge is -2.07. The van der Waals surface area contributed by atoms with E-state index in [2.05, 4.69) is 0 Å². The van der Waals surface area contributed by atoms with Gasteiger partial charge in [-0.1, -0.05) is 30.3 Å². The second kappa shape index (κ2) is 4.87. The summed E-state index contributed by atoms with van der Waals surface area (Å²) in [6, 6.07) is 11.1. The van der Waals surface area contributed by atoms with Crippen LogP contribution in [-0.4, -0.2) is 0 Å². The van der Waals surface area contributed by atoms with Gasteiger partial charge in [-0.05, 0) is 19.4 Å². The first-order chi connectivity index (χ1) is 8.16. The maximum absolute atomic E-state index is 11.7. The third-order valence-electron chi connectivity index (χ3n) is 2.42. The summed E-state index contributed by atoms with van der Waals surface area (Å²) in [5.41, 5.74) is 0.883. The molecule has 0 bridgehead atoms. The van der Waals surface area contributed by atoms with Gasteiger partial charge in [0.15, 0.2) is 0 Å². The van der Waals surface area contributed by atoms with Gasteiger partial charge in [0.25, 0.3) is 0 Å². The van der Waals surface area contributed by atoms with E-state index in [1.807, 2.05) is 30.3 Å². The fourth-order valence-corrected chi connectivity index (χ4v) is 1.64. The molecule has 2 rings (SSSR count). The Morgan fingerprint density at radius 2 is 1.88 bits per heavy atom. The van der Waals surface area contributed by atoms with Gasteiger partial charge in [0.2, 0.25) is 11.2 Å². The Morgan fingerprint density at radius 1 is 1.18 bits per heavy atom. The minimum Gasteiger partial charge on any atom is -0.482 e. The van der Waals surface area contributed by atoms with Crippen LogP contribution in [0.3, 0.4) is 0 Å². The molecule has 2 aromatic rings. The molecule has 0 N–H and O–H groups in total. The molecule has 0 radical (unpaired) electrons. The molecule has 1 aromatic carbocycles. The summed E-state index contributed by atoms with van der Waals surface area (Å²) in [5.74, 6) is 1.41. The van der Waals surface area contributed by atoms with Crippen molar-refractivity contribution in [2.45, 2.75) is 20.5 Å². The van der Waals surface area contributed by atoms with Crippen molar-refractivity contribution in [1.82, 2.24) is 0 Å². The Bertz CT molecular complexity index is 555. The molecule has 0 aliphatic rings. The van der Waals surface area contributed by atoms with E-state index < -0.39 is 0 Å². The minimum atomic E-state index is -0.137. The zero-order chi connectivity index (χ0) is 12.3. The van der Waals surface area contributed by atoms with Crippen LogP contribution in [0.1, 0.15) is 17.1 Å². The molecule has 17 heavy (non-hydrogen) atoms. The van der Waals surface area contributed by atoms with Crippen molar-refractivity contribution in [2.75, 3.05) is 0 Å². The highest BCUT2D eigenvalue weighted by atomic mass is 16.5. The van der Waals surface area contributed by atoms with Gasteiger partial charge in [-0.3, -0.25) is 4.79 Å². The SMILES string of the molecule is Cc1cc(=O)c(OCc2ccccc2)c(C)o1. The van der Waals surface area contributed by atoms with Gasteiger partial charge in [-0.25, -0.2) is 0 Å². The smallest absolute Gasteiger partial charge is 0.227 e. The fraction of sp³-hybridized carbons (Fsp3) is 0.214. The van der Waals surface area contributed by atoms with E-state index in [1.54, 1.807) is 13.8 Å². The van der Waals surface area contributed by atoms with Crippen LogP contribution in [0.15, 0.2) is 45.6 Å². The van der Waals surface area contributed by atoms with Crippen molar-refractivity contribution in [3.8, 4) is 5.75 Å².